The van der Waals surface area contributed by atoms with Gasteiger partial charge < -0.3 is 10.1 Å². The van der Waals surface area contributed by atoms with Crippen LogP contribution in [0, 0.1) is 11.8 Å². The van der Waals surface area contributed by atoms with E-state index in [4.69, 9.17) is 4.74 Å². The highest BCUT2D eigenvalue weighted by atomic mass is 16.5. The van der Waals surface area contributed by atoms with Crippen molar-refractivity contribution in [2.24, 2.45) is 11.8 Å². The molecule has 0 bridgehead atoms. The number of hydrogen-bond acceptors (Lipinski definition) is 4. The lowest BCUT2D eigenvalue weighted by Gasteiger charge is -2.07. The number of amides is 1. The molecule has 1 aliphatic carbocycles. The maximum atomic E-state index is 11.9. The lowest BCUT2D eigenvalue weighted by molar-refractivity contribution is -0.117. The van der Waals surface area contributed by atoms with E-state index >= 15 is 0 Å². The molecular weight excluding hydrogens is 254 g/mol. The maximum absolute atomic E-state index is 11.9. The van der Waals surface area contributed by atoms with E-state index in [-0.39, 0.29) is 17.8 Å². The van der Waals surface area contributed by atoms with Crippen LogP contribution in [0.4, 0.5) is 5.69 Å². The van der Waals surface area contributed by atoms with Gasteiger partial charge in [0.05, 0.1) is 0 Å². The Morgan fingerprint density at radius 3 is 2.75 bits per heavy atom. The van der Waals surface area contributed by atoms with E-state index in [2.05, 4.69) is 22.2 Å². The van der Waals surface area contributed by atoms with Crippen molar-refractivity contribution in [2.75, 3.05) is 5.32 Å². The molecule has 0 spiro atoms. The number of benzene rings is 1. The molecule has 1 aromatic heterocycles. The van der Waals surface area contributed by atoms with Crippen molar-refractivity contribution in [1.29, 1.82) is 0 Å². The average molecular weight is 269 g/mol. The normalized spacial score (nSPS) is 20.2. The van der Waals surface area contributed by atoms with Gasteiger partial charge in [-0.25, -0.2) is 9.97 Å². The number of carbonyl (C=O) groups excluding carboxylic acids is 1. The van der Waals surface area contributed by atoms with Crippen molar-refractivity contribution in [3.05, 3.63) is 42.7 Å². The molecule has 0 radical (unpaired) electrons. The Labute approximate surface area is 117 Å². The minimum absolute atomic E-state index is 0.0746. The first kappa shape index (κ1) is 12.6. The second kappa shape index (κ2) is 5.28. The quantitative estimate of drug-likeness (QED) is 0.927. The number of rotatable bonds is 4. The first-order chi connectivity index (χ1) is 9.72. The largest absolute Gasteiger partial charge is 0.424 e. The van der Waals surface area contributed by atoms with E-state index < -0.39 is 0 Å². The maximum Gasteiger partial charge on any atom is 0.321 e. The molecule has 5 nitrogen and oxygen atoms in total. The highest BCUT2D eigenvalue weighted by molar-refractivity contribution is 5.94. The molecule has 1 amide bonds. The van der Waals surface area contributed by atoms with Crippen molar-refractivity contribution >= 4 is 11.6 Å². The topological polar surface area (TPSA) is 64.1 Å². The second-order valence-electron chi connectivity index (χ2n) is 4.97. The Balaban J connectivity index is 1.68. The van der Waals surface area contributed by atoms with Gasteiger partial charge in [0.1, 0.15) is 5.75 Å². The van der Waals surface area contributed by atoms with Crippen LogP contribution < -0.4 is 10.1 Å². The van der Waals surface area contributed by atoms with Crippen LogP contribution in [-0.2, 0) is 4.79 Å². The van der Waals surface area contributed by atoms with Gasteiger partial charge in [0.25, 0.3) is 0 Å². The van der Waals surface area contributed by atoms with E-state index in [1.807, 2.05) is 12.1 Å². The molecule has 0 aliphatic heterocycles. The SMILES string of the molecule is C[C@H]1C[C@@H]1C(=O)Nc1cccc(Oc2ncccn2)c1. The lowest BCUT2D eigenvalue weighted by Crippen LogP contribution is -2.14. The molecule has 2 aromatic rings. The summed E-state index contributed by atoms with van der Waals surface area (Å²) in [7, 11) is 0. The standard InChI is InChI=1S/C15H15N3O2/c1-10-8-13(10)14(19)18-11-4-2-5-12(9-11)20-15-16-6-3-7-17-15/h2-7,9-10,13H,8H2,1H3,(H,18,19)/t10-,13-/m0/s1. The number of aromatic nitrogens is 2. The molecule has 1 heterocycles. The first-order valence-corrected chi connectivity index (χ1v) is 6.58. The summed E-state index contributed by atoms with van der Waals surface area (Å²) < 4.78 is 5.52. The summed E-state index contributed by atoms with van der Waals surface area (Å²) in [6, 6.07) is 9.23. The van der Waals surface area contributed by atoms with Crippen molar-refractivity contribution in [3.63, 3.8) is 0 Å². The van der Waals surface area contributed by atoms with E-state index in [1.165, 1.54) is 0 Å². The van der Waals surface area contributed by atoms with E-state index in [9.17, 15) is 4.79 Å². The van der Waals surface area contributed by atoms with E-state index in [0.29, 0.717) is 11.7 Å². The van der Waals surface area contributed by atoms with Crippen molar-refractivity contribution in [3.8, 4) is 11.8 Å². The number of nitrogens with zero attached hydrogens (tertiary/aromatic N) is 2. The molecule has 20 heavy (non-hydrogen) atoms. The highest BCUT2D eigenvalue weighted by Gasteiger charge is 2.39. The molecule has 1 aromatic carbocycles. The number of ether oxygens (including phenoxy) is 1. The van der Waals surface area contributed by atoms with Gasteiger partial charge in [-0.1, -0.05) is 13.0 Å². The average Bonchev–Trinajstić information content (AvgIpc) is 3.18. The van der Waals surface area contributed by atoms with Crippen LogP contribution in [0.2, 0.25) is 0 Å². The van der Waals surface area contributed by atoms with Crippen LogP contribution in [0.5, 0.6) is 11.8 Å². The minimum atomic E-state index is 0.0746. The zero-order valence-electron chi connectivity index (χ0n) is 11.1. The molecule has 1 saturated carbocycles. The Bertz CT molecular complexity index is 616. The van der Waals surface area contributed by atoms with Gasteiger partial charge in [-0.2, -0.15) is 0 Å². The molecule has 1 fully saturated rings. The summed E-state index contributed by atoms with van der Waals surface area (Å²) in [5.74, 6) is 1.31. The van der Waals surface area contributed by atoms with Crippen molar-refractivity contribution in [2.45, 2.75) is 13.3 Å². The first-order valence-electron chi connectivity index (χ1n) is 6.58. The molecule has 1 N–H and O–H groups in total. The Morgan fingerprint density at radius 2 is 2.05 bits per heavy atom. The van der Waals surface area contributed by atoms with Crippen LogP contribution in [-0.4, -0.2) is 15.9 Å². The number of nitrogens with one attached hydrogen (secondary N) is 1. The fourth-order valence-corrected chi connectivity index (χ4v) is 2.00. The molecule has 1 aliphatic rings. The number of hydrogen-bond donors (Lipinski definition) is 1. The fourth-order valence-electron chi connectivity index (χ4n) is 2.00. The number of anilines is 1. The van der Waals surface area contributed by atoms with Crippen LogP contribution in [0.15, 0.2) is 42.7 Å². The zero-order valence-corrected chi connectivity index (χ0v) is 11.1. The van der Waals surface area contributed by atoms with Gasteiger partial charge in [-0.15, -0.1) is 0 Å². The Morgan fingerprint density at radius 1 is 1.30 bits per heavy atom. The fraction of sp³-hybridized carbons (Fsp3) is 0.267. The number of carbonyl (C=O) groups is 1. The molecule has 0 unspecified atom stereocenters. The molecule has 2 atom stereocenters. The highest BCUT2D eigenvalue weighted by Crippen LogP contribution is 2.38. The summed E-state index contributed by atoms with van der Waals surface area (Å²) >= 11 is 0. The second-order valence-corrected chi connectivity index (χ2v) is 4.97. The van der Waals surface area contributed by atoms with Crippen LogP contribution in [0.25, 0.3) is 0 Å². The van der Waals surface area contributed by atoms with Crippen molar-refractivity contribution < 1.29 is 9.53 Å². The third-order valence-corrected chi connectivity index (χ3v) is 3.30. The molecule has 102 valence electrons. The molecular formula is C15H15N3O2. The van der Waals surface area contributed by atoms with E-state index in [0.717, 1.165) is 12.1 Å². The summed E-state index contributed by atoms with van der Waals surface area (Å²) in [4.78, 5) is 19.9. The Kier molecular flexibility index (Phi) is 3.33. The van der Waals surface area contributed by atoms with Crippen LogP contribution in [0.3, 0.4) is 0 Å². The van der Waals surface area contributed by atoms with Gasteiger partial charge in [-0.3, -0.25) is 4.79 Å². The summed E-state index contributed by atoms with van der Waals surface area (Å²) in [6.45, 7) is 2.08. The van der Waals surface area contributed by atoms with E-state index in [1.54, 1.807) is 30.6 Å². The van der Waals surface area contributed by atoms with Crippen molar-refractivity contribution in [1.82, 2.24) is 9.97 Å². The van der Waals surface area contributed by atoms with Gasteiger partial charge in [0, 0.05) is 30.1 Å². The van der Waals surface area contributed by atoms with Crippen LogP contribution >= 0.6 is 0 Å². The van der Waals surface area contributed by atoms with Gasteiger partial charge in [0.2, 0.25) is 5.91 Å². The molecule has 3 rings (SSSR count). The Hall–Kier alpha value is -2.43. The van der Waals surface area contributed by atoms with Gasteiger partial charge in [0.15, 0.2) is 0 Å². The summed E-state index contributed by atoms with van der Waals surface area (Å²) in [6.07, 6.45) is 4.20. The van der Waals surface area contributed by atoms with Crippen LogP contribution in [0.1, 0.15) is 13.3 Å². The van der Waals surface area contributed by atoms with Gasteiger partial charge in [-0.05, 0) is 30.5 Å². The molecule has 0 saturated heterocycles. The monoisotopic (exact) mass is 269 g/mol. The lowest BCUT2D eigenvalue weighted by atomic mass is 10.2. The third kappa shape index (κ3) is 2.93. The smallest absolute Gasteiger partial charge is 0.321 e. The van der Waals surface area contributed by atoms with Gasteiger partial charge >= 0.3 is 6.01 Å². The third-order valence-electron chi connectivity index (χ3n) is 3.30. The minimum Gasteiger partial charge on any atom is -0.424 e. The predicted octanol–water partition coefficient (Wildman–Crippen LogP) is 2.86. The zero-order chi connectivity index (χ0) is 13.9. The predicted molar refractivity (Wildman–Crippen MR) is 74.4 cm³/mol. The molecule has 5 heteroatoms. The summed E-state index contributed by atoms with van der Waals surface area (Å²) in [5, 5.41) is 2.90. The summed E-state index contributed by atoms with van der Waals surface area (Å²) in [5.41, 5.74) is 0.725.